The summed E-state index contributed by atoms with van der Waals surface area (Å²) in [6.07, 6.45) is 4.58. The van der Waals surface area contributed by atoms with Gasteiger partial charge in [0, 0.05) is 7.11 Å². The van der Waals surface area contributed by atoms with Crippen molar-refractivity contribution >= 4 is 0 Å². The molecule has 0 spiro atoms. The topological polar surface area (TPSA) is 68.4 Å². The summed E-state index contributed by atoms with van der Waals surface area (Å²) < 4.78 is 10.6. The van der Waals surface area contributed by atoms with Crippen molar-refractivity contribution in [3.63, 3.8) is 0 Å². The zero-order valence-electron chi connectivity index (χ0n) is 9.77. The van der Waals surface area contributed by atoms with Crippen molar-refractivity contribution in [3.8, 4) is 0 Å². The molecule has 0 aromatic carbocycles. The predicted octanol–water partition coefficient (Wildman–Crippen LogP) is 1.93. The van der Waals surface area contributed by atoms with Crippen LogP contribution in [0.4, 0.5) is 0 Å². The Labute approximate surface area is 94.8 Å². The number of hydrogen-bond donors (Lipinski definition) is 1. The lowest BCUT2D eigenvalue weighted by atomic mass is 9.84. The molecule has 5 heteroatoms. The van der Waals surface area contributed by atoms with Gasteiger partial charge < -0.3 is 14.4 Å². The van der Waals surface area contributed by atoms with Crippen LogP contribution in [0.1, 0.15) is 56.8 Å². The molecule has 1 N–H and O–H groups in total. The van der Waals surface area contributed by atoms with Crippen LogP contribution in [0.2, 0.25) is 0 Å². The Kier molecular flexibility index (Phi) is 3.25. The number of rotatable bonds is 3. The van der Waals surface area contributed by atoms with Crippen LogP contribution in [0.5, 0.6) is 0 Å². The second-order valence-corrected chi connectivity index (χ2v) is 4.39. The molecular formula is C11H18N2O3. The Morgan fingerprint density at radius 2 is 2.06 bits per heavy atom. The van der Waals surface area contributed by atoms with Gasteiger partial charge in [-0.05, 0) is 19.8 Å². The number of hydrogen-bond acceptors (Lipinski definition) is 5. The van der Waals surface area contributed by atoms with Crippen molar-refractivity contribution < 1.29 is 14.4 Å². The molecule has 0 saturated heterocycles. The molecule has 16 heavy (non-hydrogen) atoms. The fraction of sp³-hybridized carbons (Fsp3) is 0.818. The van der Waals surface area contributed by atoms with Crippen molar-refractivity contribution in [1.29, 1.82) is 0 Å². The second-order valence-electron chi connectivity index (χ2n) is 4.39. The van der Waals surface area contributed by atoms with Crippen LogP contribution in [0.3, 0.4) is 0 Å². The summed E-state index contributed by atoms with van der Waals surface area (Å²) in [7, 11) is 1.68. The third-order valence-corrected chi connectivity index (χ3v) is 3.26. The average molecular weight is 226 g/mol. The number of aliphatic hydroxyl groups excluding tert-OH is 1. The molecule has 5 nitrogen and oxygen atoms in total. The molecule has 0 aliphatic heterocycles. The van der Waals surface area contributed by atoms with E-state index in [-0.39, 0.29) is 5.89 Å². The van der Waals surface area contributed by atoms with Gasteiger partial charge in [0.05, 0.1) is 0 Å². The molecular weight excluding hydrogens is 208 g/mol. The van der Waals surface area contributed by atoms with Crippen LogP contribution in [0.25, 0.3) is 0 Å². The molecule has 0 radical (unpaired) electrons. The fourth-order valence-electron chi connectivity index (χ4n) is 2.23. The van der Waals surface area contributed by atoms with E-state index in [1.165, 1.54) is 6.42 Å². The standard InChI is InChI=1S/C11H18N2O3/c1-8(14)9-12-10(13-16-9)11(15-2)6-4-3-5-7-11/h8,14H,3-7H2,1-2H3. The van der Waals surface area contributed by atoms with Crippen LogP contribution < -0.4 is 0 Å². The first-order chi connectivity index (χ1) is 7.68. The Morgan fingerprint density at radius 1 is 1.38 bits per heavy atom. The highest BCUT2D eigenvalue weighted by Gasteiger charge is 2.38. The van der Waals surface area contributed by atoms with Crippen LogP contribution >= 0.6 is 0 Å². The van der Waals surface area contributed by atoms with Gasteiger partial charge in [-0.1, -0.05) is 24.4 Å². The largest absolute Gasteiger partial charge is 0.384 e. The minimum Gasteiger partial charge on any atom is -0.384 e. The normalized spacial score (nSPS) is 21.9. The van der Waals surface area contributed by atoms with Crippen LogP contribution in [-0.4, -0.2) is 22.4 Å². The summed E-state index contributed by atoms with van der Waals surface area (Å²) in [6, 6.07) is 0. The van der Waals surface area contributed by atoms with Crippen molar-refractivity contribution in [2.45, 2.75) is 50.7 Å². The molecule has 90 valence electrons. The predicted molar refractivity (Wildman–Crippen MR) is 56.7 cm³/mol. The van der Waals surface area contributed by atoms with Gasteiger partial charge in [-0.25, -0.2) is 0 Å². The van der Waals surface area contributed by atoms with Gasteiger partial charge in [-0.2, -0.15) is 4.98 Å². The SMILES string of the molecule is COC1(c2noc(C(C)O)n2)CCCCC1. The smallest absolute Gasteiger partial charge is 0.255 e. The number of methoxy groups -OCH3 is 1. The highest BCUT2D eigenvalue weighted by Crippen LogP contribution is 2.38. The van der Waals surface area contributed by atoms with E-state index in [2.05, 4.69) is 10.1 Å². The number of ether oxygens (including phenoxy) is 1. The Balaban J connectivity index is 2.25. The molecule has 2 rings (SSSR count). The minimum atomic E-state index is -0.723. The molecule has 1 saturated carbocycles. The van der Waals surface area contributed by atoms with Gasteiger partial charge in [0.1, 0.15) is 11.7 Å². The molecule has 1 unspecified atom stereocenters. The Bertz CT molecular complexity index is 343. The zero-order chi connectivity index (χ0) is 11.6. The summed E-state index contributed by atoms with van der Waals surface area (Å²) >= 11 is 0. The van der Waals surface area contributed by atoms with E-state index in [0.29, 0.717) is 5.82 Å². The van der Waals surface area contributed by atoms with Crippen molar-refractivity contribution in [2.24, 2.45) is 0 Å². The highest BCUT2D eigenvalue weighted by molar-refractivity contribution is 5.03. The van der Waals surface area contributed by atoms with Crippen molar-refractivity contribution in [2.75, 3.05) is 7.11 Å². The highest BCUT2D eigenvalue weighted by atomic mass is 16.5. The monoisotopic (exact) mass is 226 g/mol. The lowest BCUT2D eigenvalue weighted by molar-refractivity contribution is -0.0527. The second kappa shape index (κ2) is 4.51. The summed E-state index contributed by atoms with van der Waals surface area (Å²) in [4.78, 5) is 4.22. The van der Waals surface area contributed by atoms with Crippen molar-refractivity contribution in [1.82, 2.24) is 10.1 Å². The van der Waals surface area contributed by atoms with Gasteiger partial charge in [0.25, 0.3) is 5.89 Å². The van der Waals surface area contributed by atoms with Crippen LogP contribution in [-0.2, 0) is 10.3 Å². The van der Waals surface area contributed by atoms with E-state index < -0.39 is 11.7 Å². The summed E-state index contributed by atoms with van der Waals surface area (Å²) in [5.74, 6) is 0.836. The number of nitrogens with zero attached hydrogens (tertiary/aromatic N) is 2. The average Bonchev–Trinajstić information content (AvgIpc) is 2.80. The molecule has 1 aromatic rings. The van der Waals surface area contributed by atoms with E-state index in [1.54, 1.807) is 14.0 Å². The van der Waals surface area contributed by atoms with Gasteiger partial charge in [-0.15, -0.1) is 0 Å². The van der Waals surface area contributed by atoms with Crippen LogP contribution in [0.15, 0.2) is 4.52 Å². The molecule has 1 fully saturated rings. The summed E-state index contributed by atoms with van der Waals surface area (Å²) in [5.41, 5.74) is -0.408. The van der Waals surface area contributed by atoms with Gasteiger partial charge >= 0.3 is 0 Å². The first kappa shape index (κ1) is 11.5. The van der Waals surface area contributed by atoms with Gasteiger partial charge in [0.2, 0.25) is 5.82 Å². The molecule has 1 aromatic heterocycles. The maximum Gasteiger partial charge on any atom is 0.255 e. The van der Waals surface area contributed by atoms with E-state index in [0.717, 1.165) is 25.7 Å². The maximum atomic E-state index is 9.35. The van der Waals surface area contributed by atoms with Crippen molar-refractivity contribution in [3.05, 3.63) is 11.7 Å². The van der Waals surface area contributed by atoms with Gasteiger partial charge in [-0.3, -0.25) is 0 Å². The number of aromatic nitrogens is 2. The summed E-state index contributed by atoms with van der Waals surface area (Å²) in [5, 5.41) is 13.3. The molecule has 1 heterocycles. The molecule has 1 atom stereocenters. The van der Waals surface area contributed by atoms with Gasteiger partial charge in [0.15, 0.2) is 0 Å². The first-order valence-corrected chi connectivity index (χ1v) is 5.75. The third kappa shape index (κ3) is 1.97. The Morgan fingerprint density at radius 3 is 2.56 bits per heavy atom. The molecule has 0 amide bonds. The first-order valence-electron chi connectivity index (χ1n) is 5.75. The fourth-order valence-corrected chi connectivity index (χ4v) is 2.23. The zero-order valence-corrected chi connectivity index (χ0v) is 9.77. The Hall–Kier alpha value is -0.940. The summed E-state index contributed by atoms with van der Waals surface area (Å²) in [6.45, 7) is 1.61. The lowest BCUT2D eigenvalue weighted by Gasteiger charge is -2.32. The number of aliphatic hydroxyl groups is 1. The third-order valence-electron chi connectivity index (χ3n) is 3.26. The molecule has 1 aliphatic rings. The van der Waals surface area contributed by atoms with Crippen LogP contribution in [0, 0.1) is 0 Å². The minimum absolute atomic E-state index is 0.261. The molecule has 1 aliphatic carbocycles. The quantitative estimate of drug-likeness (QED) is 0.852. The maximum absolute atomic E-state index is 9.35. The van der Waals surface area contributed by atoms with E-state index >= 15 is 0 Å². The molecule has 0 bridgehead atoms. The van der Waals surface area contributed by atoms with E-state index in [4.69, 9.17) is 9.26 Å². The van der Waals surface area contributed by atoms with E-state index in [1.807, 2.05) is 0 Å². The van der Waals surface area contributed by atoms with E-state index in [9.17, 15) is 5.11 Å². The lowest BCUT2D eigenvalue weighted by Crippen LogP contribution is -2.32.